The largest absolute Gasteiger partial charge is 0.278 e. The minimum atomic E-state index is -0.215. The Kier molecular flexibility index (Phi) is 6.31. The van der Waals surface area contributed by atoms with Crippen LogP contribution < -0.4 is 4.90 Å². The zero-order chi connectivity index (χ0) is 32.1. The number of para-hydroxylation sites is 1. The monoisotopic (exact) mass is 591 g/mol. The Hall–Kier alpha value is -4.24. The molecule has 2 aliphatic heterocycles. The molecule has 4 heterocycles. The lowest BCUT2D eigenvalue weighted by atomic mass is 9.67. The summed E-state index contributed by atoms with van der Waals surface area (Å²) >= 11 is 0. The summed E-state index contributed by atoms with van der Waals surface area (Å²) in [6.45, 7) is 22.9. The van der Waals surface area contributed by atoms with E-state index in [-0.39, 0.29) is 21.7 Å². The summed E-state index contributed by atoms with van der Waals surface area (Å²) in [5.74, 6) is 1.95. The predicted molar refractivity (Wildman–Crippen MR) is 189 cm³/mol. The summed E-state index contributed by atoms with van der Waals surface area (Å²) in [5.41, 5.74) is 12.9. The number of hydrogen-bond donors (Lipinski definition) is 0. The van der Waals surface area contributed by atoms with E-state index in [9.17, 15) is 0 Å². The zero-order valence-electron chi connectivity index (χ0n) is 28.5. The molecule has 228 valence electrons. The van der Waals surface area contributed by atoms with Crippen LogP contribution in [0.1, 0.15) is 103 Å². The van der Waals surface area contributed by atoms with Gasteiger partial charge in [-0.3, -0.25) is 4.90 Å². The summed E-state index contributed by atoms with van der Waals surface area (Å²) in [6.07, 6.45) is 0. The smallest absolute Gasteiger partial charge is 0.143 e. The molecular formula is C42H45N3. The molecule has 7 rings (SSSR count). The van der Waals surface area contributed by atoms with Gasteiger partial charge in [0.2, 0.25) is 0 Å². The molecule has 0 saturated heterocycles. The molecule has 0 bridgehead atoms. The van der Waals surface area contributed by atoms with Crippen molar-refractivity contribution in [2.24, 2.45) is 0 Å². The molecule has 3 heteroatoms. The summed E-state index contributed by atoms with van der Waals surface area (Å²) in [7, 11) is 0. The van der Waals surface area contributed by atoms with Crippen LogP contribution in [0.4, 0.5) is 17.3 Å². The molecule has 0 amide bonds. The maximum absolute atomic E-state index is 5.47. The molecule has 0 unspecified atom stereocenters. The van der Waals surface area contributed by atoms with Crippen molar-refractivity contribution < 1.29 is 0 Å². The third kappa shape index (κ3) is 4.54. The minimum absolute atomic E-state index is 0.104. The van der Waals surface area contributed by atoms with Gasteiger partial charge in [0.15, 0.2) is 0 Å². The van der Waals surface area contributed by atoms with Crippen LogP contribution in [0.3, 0.4) is 0 Å². The highest BCUT2D eigenvalue weighted by molar-refractivity contribution is 5.91. The van der Waals surface area contributed by atoms with Gasteiger partial charge in [-0.15, -0.1) is 0 Å². The van der Waals surface area contributed by atoms with Crippen molar-refractivity contribution in [1.82, 2.24) is 9.97 Å². The van der Waals surface area contributed by atoms with Gasteiger partial charge in [0.05, 0.1) is 17.1 Å². The number of anilines is 3. The fourth-order valence-corrected chi connectivity index (χ4v) is 7.21. The highest BCUT2D eigenvalue weighted by Crippen LogP contribution is 2.59. The lowest BCUT2D eigenvalue weighted by Gasteiger charge is -2.48. The van der Waals surface area contributed by atoms with Gasteiger partial charge < -0.3 is 0 Å². The van der Waals surface area contributed by atoms with Crippen molar-refractivity contribution in [2.75, 3.05) is 4.90 Å². The van der Waals surface area contributed by atoms with Gasteiger partial charge in [-0.05, 0) is 45.2 Å². The lowest BCUT2D eigenvalue weighted by molar-refractivity contribution is 0.590. The Balaban J connectivity index is 1.44. The number of hydrogen-bond acceptors (Lipinski definition) is 3. The van der Waals surface area contributed by atoms with Crippen LogP contribution in [0.25, 0.3) is 22.5 Å². The third-order valence-electron chi connectivity index (χ3n) is 10.2. The van der Waals surface area contributed by atoms with Crippen LogP contribution in [0.5, 0.6) is 0 Å². The van der Waals surface area contributed by atoms with Gasteiger partial charge in [-0.1, -0.05) is 148 Å². The van der Waals surface area contributed by atoms with Gasteiger partial charge in [-0.2, -0.15) is 0 Å². The third-order valence-corrected chi connectivity index (χ3v) is 10.2. The second-order valence-electron chi connectivity index (χ2n) is 16.1. The van der Waals surface area contributed by atoms with Crippen LogP contribution in [-0.4, -0.2) is 9.97 Å². The van der Waals surface area contributed by atoms with Crippen LogP contribution in [0.2, 0.25) is 0 Å². The number of aromatic nitrogens is 2. The maximum Gasteiger partial charge on any atom is 0.143 e. The van der Waals surface area contributed by atoms with Crippen molar-refractivity contribution in [3.05, 3.63) is 124 Å². The topological polar surface area (TPSA) is 29.0 Å². The molecule has 0 spiro atoms. The van der Waals surface area contributed by atoms with Gasteiger partial charge in [0.1, 0.15) is 11.6 Å². The van der Waals surface area contributed by atoms with Gasteiger partial charge in [0.25, 0.3) is 0 Å². The van der Waals surface area contributed by atoms with E-state index in [0.717, 1.165) is 34.2 Å². The highest BCUT2D eigenvalue weighted by Gasteiger charge is 2.46. The highest BCUT2D eigenvalue weighted by atomic mass is 15.3. The van der Waals surface area contributed by atoms with Crippen LogP contribution in [0, 0.1) is 0 Å². The Labute approximate surface area is 269 Å². The molecule has 0 atom stereocenters. The average Bonchev–Trinajstić information content (AvgIpc) is 2.99. The summed E-state index contributed by atoms with van der Waals surface area (Å²) < 4.78 is 0. The van der Waals surface area contributed by atoms with E-state index >= 15 is 0 Å². The quantitative estimate of drug-likeness (QED) is 0.204. The molecule has 0 N–H and O–H groups in total. The first kappa shape index (κ1) is 29.5. The molecular weight excluding hydrogens is 546 g/mol. The fraction of sp³-hybridized carbons (Fsp3) is 0.333. The van der Waals surface area contributed by atoms with E-state index in [1.807, 2.05) is 0 Å². The number of fused-ring (bicyclic) bond motifs is 4. The number of benzene rings is 3. The Morgan fingerprint density at radius 2 is 0.844 bits per heavy atom. The Morgan fingerprint density at radius 3 is 1.20 bits per heavy atom. The number of nitrogens with zero attached hydrogens (tertiary/aromatic N) is 3. The van der Waals surface area contributed by atoms with Gasteiger partial charge in [0, 0.05) is 33.1 Å². The summed E-state index contributed by atoms with van der Waals surface area (Å²) in [6, 6.07) is 33.6. The summed E-state index contributed by atoms with van der Waals surface area (Å²) in [5, 5.41) is 0. The van der Waals surface area contributed by atoms with E-state index in [1.165, 1.54) is 39.1 Å². The molecule has 3 aromatic carbocycles. The number of rotatable bonds is 2. The van der Waals surface area contributed by atoms with E-state index in [4.69, 9.17) is 9.97 Å². The van der Waals surface area contributed by atoms with Crippen LogP contribution >= 0.6 is 0 Å². The zero-order valence-corrected chi connectivity index (χ0v) is 28.5. The van der Waals surface area contributed by atoms with Crippen molar-refractivity contribution in [2.45, 2.75) is 90.9 Å². The first-order valence-corrected chi connectivity index (χ1v) is 16.3. The Morgan fingerprint density at radius 1 is 0.467 bits per heavy atom. The van der Waals surface area contributed by atoms with E-state index in [1.54, 1.807) is 0 Å². The molecule has 2 aromatic heterocycles. The number of pyridine rings is 2. The predicted octanol–water partition coefficient (Wildman–Crippen LogP) is 11.2. The van der Waals surface area contributed by atoms with Gasteiger partial charge in [-0.25, -0.2) is 9.97 Å². The maximum atomic E-state index is 5.47. The molecule has 0 aliphatic carbocycles. The average molecular weight is 592 g/mol. The second kappa shape index (κ2) is 9.63. The van der Waals surface area contributed by atoms with Crippen molar-refractivity contribution in [3.8, 4) is 22.5 Å². The Bertz CT molecular complexity index is 1810. The lowest BCUT2D eigenvalue weighted by Crippen LogP contribution is -2.39. The molecule has 2 aliphatic rings. The van der Waals surface area contributed by atoms with E-state index < -0.39 is 0 Å². The van der Waals surface area contributed by atoms with Crippen molar-refractivity contribution in [1.29, 1.82) is 0 Å². The molecule has 3 nitrogen and oxygen atoms in total. The normalized spacial score (nSPS) is 16.1. The van der Waals surface area contributed by atoms with Crippen molar-refractivity contribution >= 4 is 17.3 Å². The van der Waals surface area contributed by atoms with E-state index in [0.29, 0.717) is 0 Å². The standard InChI is InChI=1S/C42H45N3/c1-39(2,3)28-18-14-26(15-19-28)34-24-22-32-37(43-34)45-36-30(41(32,7)8)12-11-13-31(36)42(9,10)33-23-25-35(44-38(33)45)27-16-20-29(21-17-27)40(4,5)6/h11-25H,1-10H3. The van der Waals surface area contributed by atoms with Crippen LogP contribution in [0.15, 0.2) is 91.0 Å². The first-order valence-electron chi connectivity index (χ1n) is 16.3. The van der Waals surface area contributed by atoms with Crippen molar-refractivity contribution in [3.63, 3.8) is 0 Å². The molecule has 5 aromatic rings. The summed E-state index contributed by atoms with van der Waals surface area (Å²) in [4.78, 5) is 13.3. The minimum Gasteiger partial charge on any atom is -0.278 e. The molecule has 0 radical (unpaired) electrons. The molecule has 0 saturated carbocycles. The molecule has 0 fully saturated rings. The second-order valence-corrected chi connectivity index (χ2v) is 16.1. The van der Waals surface area contributed by atoms with E-state index in [2.05, 4.69) is 165 Å². The first-order chi connectivity index (χ1) is 21.1. The SMILES string of the molecule is CC(C)(C)c1ccc(-c2ccc3c(n2)N2c4nc(-c5ccc(C(C)(C)C)cc5)ccc4C(C)(C)c4cccc(c42)C3(C)C)cc1. The fourth-order valence-electron chi connectivity index (χ4n) is 7.21. The molecule has 45 heavy (non-hydrogen) atoms. The van der Waals surface area contributed by atoms with Crippen LogP contribution in [-0.2, 0) is 21.7 Å². The van der Waals surface area contributed by atoms with Gasteiger partial charge >= 0.3 is 0 Å².